The Labute approximate surface area is 222 Å². The zero-order valence-corrected chi connectivity index (χ0v) is 23.0. The standard InChI is InChI=1S/C26H30N2O8S2/c1-17-12-13-22-25(2,3)26(22,14-17)36-15-27-37(31,32)20-10-6-5-9-19(20)24(30)35-16-28-23(29)18-8-4-7-11-21(18)38(28,33)34/h4-11,17,22,27H,12-16H2,1-3H3. The third kappa shape index (κ3) is 4.14. The van der Waals surface area contributed by atoms with Gasteiger partial charge in [-0.2, -0.15) is 9.03 Å². The minimum atomic E-state index is -4.19. The molecule has 2 fully saturated rings. The second-order valence-corrected chi connectivity index (χ2v) is 14.3. The van der Waals surface area contributed by atoms with E-state index < -0.39 is 38.7 Å². The van der Waals surface area contributed by atoms with E-state index in [9.17, 15) is 26.4 Å². The lowest BCUT2D eigenvalue weighted by Crippen LogP contribution is -2.35. The van der Waals surface area contributed by atoms with Crippen LogP contribution in [0.5, 0.6) is 0 Å². The lowest BCUT2D eigenvalue weighted by atomic mass is 9.88. The Morgan fingerprint density at radius 1 is 1.11 bits per heavy atom. The number of amides is 1. The van der Waals surface area contributed by atoms with Crippen LogP contribution in [-0.2, 0) is 29.5 Å². The molecule has 1 N–H and O–H groups in total. The molecule has 12 heteroatoms. The zero-order valence-electron chi connectivity index (χ0n) is 21.3. The number of sulfonamides is 2. The second kappa shape index (κ2) is 9.15. The van der Waals surface area contributed by atoms with E-state index in [1.54, 1.807) is 0 Å². The van der Waals surface area contributed by atoms with Crippen LogP contribution in [0.2, 0.25) is 0 Å². The van der Waals surface area contributed by atoms with Crippen LogP contribution in [-0.4, -0.2) is 52.1 Å². The predicted molar refractivity (Wildman–Crippen MR) is 136 cm³/mol. The van der Waals surface area contributed by atoms with E-state index in [0.717, 1.165) is 19.3 Å². The van der Waals surface area contributed by atoms with Gasteiger partial charge in [0.05, 0.1) is 21.6 Å². The summed E-state index contributed by atoms with van der Waals surface area (Å²) in [5, 5.41) is 0. The SMILES string of the molecule is CC1CCC2C(C)(C)C2(OCNS(=O)(=O)c2ccccc2C(=O)OCN2C(=O)c3ccccc3S2(=O)=O)C1. The molecule has 2 aromatic rings. The minimum Gasteiger partial charge on any atom is -0.439 e. The van der Waals surface area contributed by atoms with Crippen molar-refractivity contribution in [2.24, 2.45) is 17.3 Å². The molecule has 0 radical (unpaired) electrons. The lowest BCUT2D eigenvalue weighted by molar-refractivity contribution is -0.0270. The highest BCUT2D eigenvalue weighted by molar-refractivity contribution is 7.90. The number of carbonyl (C=O) groups is 2. The summed E-state index contributed by atoms with van der Waals surface area (Å²) in [6.07, 6.45) is 3.02. The molecular weight excluding hydrogens is 532 g/mol. The number of hydrogen-bond donors (Lipinski definition) is 1. The van der Waals surface area contributed by atoms with Crippen LogP contribution in [0.15, 0.2) is 58.3 Å². The molecule has 1 aliphatic heterocycles. The Kier molecular flexibility index (Phi) is 6.45. The molecule has 3 atom stereocenters. The van der Waals surface area contributed by atoms with Crippen LogP contribution in [0.1, 0.15) is 60.7 Å². The van der Waals surface area contributed by atoms with Gasteiger partial charge in [0.15, 0.2) is 6.73 Å². The summed E-state index contributed by atoms with van der Waals surface area (Å²) >= 11 is 0. The Morgan fingerprint density at radius 2 is 1.79 bits per heavy atom. The van der Waals surface area contributed by atoms with Crippen molar-refractivity contribution in [3.63, 3.8) is 0 Å². The first-order chi connectivity index (χ1) is 17.8. The van der Waals surface area contributed by atoms with Crippen LogP contribution >= 0.6 is 0 Å². The van der Waals surface area contributed by atoms with Gasteiger partial charge in [0.25, 0.3) is 15.9 Å². The molecule has 0 saturated heterocycles. The topological polar surface area (TPSA) is 136 Å². The lowest BCUT2D eigenvalue weighted by Gasteiger charge is -2.28. The molecular formula is C26H30N2O8S2. The number of carbonyl (C=O) groups excluding carboxylic acids is 2. The Hall–Kier alpha value is -2.80. The van der Waals surface area contributed by atoms with E-state index >= 15 is 0 Å². The molecule has 204 valence electrons. The van der Waals surface area contributed by atoms with E-state index in [1.165, 1.54) is 48.5 Å². The van der Waals surface area contributed by atoms with Crippen LogP contribution in [0, 0.1) is 17.3 Å². The van der Waals surface area contributed by atoms with Gasteiger partial charge in [-0.15, -0.1) is 0 Å². The molecule has 0 aromatic heterocycles. The molecule has 2 saturated carbocycles. The first-order valence-corrected chi connectivity index (χ1v) is 15.3. The third-order valence-corrected chi connectivity index (χ3v) is 11.4. The summed E-state index contributed by atoms with van der Waals surface area (Å²) in [4.78, 5) is 24.9. The Balaban J connectivity index is 1.27. The molecule has 1 amide bonds. The molecule has 38 heavy (non-hydrogen) atoms. The van der Waals surface area contributed by atoms with Crippen molar-refractivity contribution >= 4 is 31.9 Å². The summed E-state index contributed by atoms with van der Waals surface area (Å²) in [5.41, 5.74) is -0.742. The van der Waals surface area contributed by atoms with E-state index in [1.807, 2.05) is 0 Å². The van der Waals surface area contributed by atoms with Gasteiger partial charge in [0.1, 0.15) is 11.6 Å². The normalized spacial score (nSPS) is 26.9. The number of rotatable bonds is 8. The average molecular weight is 563 g/mol. The van der Waals surface area contributed by atoms with Crippen molar-refractivity contribution in [2.45, 2.75) is 55.4 Å². The number of ether oxygens (including phenoxy) is 2. The molecule has 2 aromatic carbocycles. The first-order valence-electron chi connectivity index (χ1n) is 12.4. The van der Waals surface area contributed by atoms with Crippen molar-refractivity contribution < 1.29 is 35.9 Å². The van der Waals surface area contributed by atoms with E-state index in [4.69, 9.17) is 9.47 Å². The zero-order chi connectivity index (χ0) is 27.5. The largest absolute Gasteiger partial charge is 0.439 e. The monoisotopic (exact) mass is 562 g/mol. The average Bonchev–Trinajstić information content (AvgIpc) is 3.27. The van der Waals surface area contributed by atoms with Crippen molar-refractivity contribution in [3.8, 4) is 0 Å². The third-order valence-electron chi connectivity index (χ3n) is 8.24. The van der Waals surface area contributed by atoms with Crippen molar-refractivity contribution in [1.82, 2.24) is 9.03 Å². The van der Waals surface area contributed by atoms with Gasteiger partial charge >= 0.3 is 5.97 Å². The first kappa shape index (κ1) is 26.8. The van der Waals surface area contributed by atoms with Gasteiger partial charge in [0.2, 0.25) is 10.0 Å². The van der Waals surface area contributed by atoms with E-state index in [0.29, 0.717) is 16.1 Å². The van der Waals surface area contributed by atoms with Crippen molar-refractivity contribution in [3.05, 3.63) is 59.7 Å². The van der Waals surface area contributed by atoms with Crippen LogP contribution in [0.3, 0.4) is 0 Å². The molecule has 0 bridgehead atoms. The van der Waals surface area contributed by atoms with Crippen molar-refractivity contribution in [1.29, 1.82) is 0 Å². The summed E-state index contributed by atoms with van der Waals surface area (Å²) in [5.74, 6) is -1.06. The summed E-state index contributed by atoms with van der Waals surface area (Å²) in [7, 11) is -8.38. The van der Waals surface area contributed by atoms with Gasteiger partial charge in [-0.3, -0.25) is 4.79 Å². The number of fused-ring (bicyclic) bond motifs is 2. The van der Waals surface area contributed by atoms with Gasteiger partial charge in [-0.25, -0.2) is 21.6 Å². The molecule has 0 spiro atoms. The summed E-state index contributed by atoms with van der Waals surface area (Å²) < 4.78 is 65.8. The Bertz CT molecular complexity index is 1520. The highest BCUT2D eigenvalue weighted by Gasteiger charge is 2.73. The fourth-order valence-corrected chi connectivity index (χ4v) is 8.57. The van der Waals surface area contributed by atoms with Gasteiger partial charge in [-0.1, -0.05) is 51.5 Å². The number of esters is 1. The maximum atomic E-state index is 13.1. The van der Waals surface area contributed by atoms with Gasteiger partial charge in [0, 0.05) is 0 Å². The fourth-order valence-electron chi connectivity index (χ4n) is 6.08. The van der Waals surface area contributed by atoms with Gasteiger partial charge in [-0.05, 0) is 54.4 Å². The number of benzene rings is 2. The van der Waals surface area contributed by atoms with Crippen LogP contribution < -0.4 is 4.72 Å². The van der Waals surface area contributed by atoms with E-state index in [-0.39, 0.29) is 38.7 Å². The van der Waals surface area contributed by atoms with Crippen LogP contribution in [0.4, 0.5) is 0 Å². The van der Waals surface area contributed by atoms with Crippen molar-refractivity contribution in [2.75, 3.05) is 13.5 Å². The number of nitrogens with one attached hydrogen (secondary N) is 1. The molecule has 3 aliphatic rings. The quantitative estimate of drug-likeness (QED) is 0.383. The fraction of sp³-hybridized carbons (Fsp3) is 0.462. The Morgan fingerprint density at radius 3 is 2.53 bits per heavy atom. The maximum Gasteiger partial charge on any atom is 0.341 e. The highest BCUT2D eigenvalue weighted by Crippen LogP contribution is 2.70. The molecule has 2 aliphatic carbocycles. The molecule has 5 rings (SSSR count). The maximum absolute atomic E-state index is 13.1. The smallest absolute Gasteiger partial charge is 0.341 e. The van der Waals surface area contributed by atoms with E-state index in [2.05, 4.69) is 25.5 Å². The second-order valence-electron chi connectivity index (χ2n) is 10.7. The minimum absolute atomic E-state index is 0.0244. The molecule has 10 nitrogen and oxygen atoms in total. The van der Waals surface area contributed by atoms with Crippen LogP contribution in [0.25, 0.3) is 0 Å². The highest BCUT2D eigenvalue weighted by atomic mass is 32.2. The number of hydrogen-bond acceptors (Lipinski definition) is 8. The predicted octanol–water partition coefficient (Wildman–Crippen LogP) is 3.11. The van der Waals surface area contributed by atoms with Gasteiger partial charge < -0.3 is 9.47 Å². The summed E-state index contributed by atoms with van der Waals surface area (Å²) in [6.45, 7) is 5.30. The molecule has 3 unspecified atom stereocenters. The summed E-state index contributed by atoms with van der Waals surface area (Å²) in [6, 6.07) is 11.1. The number of nitrogens with zero attached hydrogens (tertiary/aromatic N) is 1. The molecule has 1 heterocycles.